The fourth-order valence-corrected chi connectivity index (χ4v) is 5.27. The van der Waals surface area contributed by atoms with Crippen LogP contribution in [-0.4, -0.2) is 63.6 Å². The number of benzene rings is 2. The zero-order chi connectivity index (χ0) is 26.2. The lowest BCUT2D eigenvalue weighted by molar-refractivity contribution is -0.137. The number of alkyl halides is 3. The van der Waals surface area contributed by atoms with Crippen LogP contribution in [0.15, 0.2) is 53.1 Å². The van der Waals surface area contributed by atoms with Gasteiger partial charge in [0.05, 0.1) is 26.5 Å². The number of piperazine rings is 1. The van der Waals surface area contributed by atoms with E-state index in [2.05, 4.69) is 19.9 Å². The molecule has 2 aromatic carbocycles. The maximum atomic E-state index is 12.8. The van der Waals surface area contributed by atoms with Gasteiger partial charge in [0.2, 0.25) is 0 Å². The zero-order valence-corrected chi connectivity index (χ0v) is 21.2. The Morgan fingerprint density at radius 1 is 1.08 bits per heavy atom. The van der Waals surface area contributed by atoms with Crippen molar-refractivity contribution in [3.8, 4) is 17.1 Å². The van der Waals surface area contributed by atoms with Crippen LogP contribution in [0.2, 0.25) is 0 Å². The summed E-state index contributed by atoms with van der Waals surface area (Å²) in [7, 11) is 0. The Balaban J connectivity index is 1.17. The van der Waals surface area contributed by atoms with Crippen molar-refractivity contribution in [2.75, 3.05) is 26.2 Å². The monoisotopic (exact) mass is 532 g/mol. The predicted molar refractivity (Wildman–Crippen MR) is 134 cm³/mol. The Bertz CT molecular complexity index is 1350. The minimum absolute atomic E-state index is 0.428. The van der Waals surface area contributed by atoms with E-state index >= 15 is 0 Å². The summed E-state index contributed by atoms with van der Waals surface area (Å²) in [6, 6.07) is 12.4. The summed E-state index contributed by atoms with van der Waals surface area (Å²) in [5.41, 5.74) is 1.43. The third kappa shape index (κ3) is 5.96. The zero-order valence-electron chi connectivity index (χ0n) is 20.4. The molecule has 0 amide bonds. The van der Waals surface area contributed by atoms with Crippen molar-refractivity contribution in [3.63, 3.8) is 0 Å². The van der Waals surface area contributed by atoms with E-state index in [1.807, 2.05) is 25.1 Å². The van der Waals surface area contributed by atoms with Crippen LogP contribution in [0.4, 0.5) is 13.2 Å². The van der Waals surface area contributed by atoms with Crippen molar-refractivity contribution >= 4 is 21.6 Å². The van der Waals surface area contributed by atoms with Crippen molar-refractivity contribution in [2.24, 2.45) is 0 Å². The van der Waals surface area contributed by atoms with Crippen LogP contribution < -0.4 is 4.74 Å². The van der Waals surface area contributed by atoms with Crippen LogP contribution in [0.1, 0.15) is 23.2 Å². The molecule has 2 aromatic heterocycles. The first-order chi connectivity index (χ1) is 17.7. The van der Waals surface area contributed by atoms with E-state index in [1.165, 1.54) is 12.1 Å². The van der Waals surface area contributed by atoms with Crippen molar-refractivity contribution < 1.29 is 27.5 Å². The highest BCUT2D eigenvalue weighted by atomic mass is 32.1. The molecule has 2 atom stereocenters. The van der Waals surface area contributed by atoms with Gasteiger partial charge in [-0.2, -0.15) is 13.2 Å². The first kappa shape index (κ1) is 25.7. The van der Waals surface area contributed by atoms with Gasteiger partial charge in [0.25, 0.3) is 0 Å². The second-order valence-corrected chi connectivity index (χ2v) is 10.4. The maximum absolute atomic E-state index is 12.8. The predicted octanol–water partition coefficient (Wildman–Crippen LogP) is 5.18. The Hall–Kier alpha value is -2.99. The number of hydrogen-bond acceptors (Lipinski definition) is 8. The molecule has 4 aromatic rings. The van der Waals surface area contributed by atoms with Crippen LogP contribution in [0.25, 0.3) is 21.5 Å². The lowest BCUT2D eigenvalue weighted by Crippen LogP contribution is -2.55. The lowest BCUT2D eigenvalue weighted by Gasteiger charge is -2.39. The Kier molecular flexibility index (Phi) is 7.21. The van der Waals surface area contributed by atoms with Crippen LogP contribution >= 0.6 is 11.3 Å². The van der Waals surface area contributed by atoms with E-state index in [0.29, 0.717) is 42.4 Å². The van der Waals surface area contributed by atoms with Crippen LogP contribution in [0.5, 0.6) is 5.75 Å². The molecule has 11 heteroatoms. The van der Waals surface area contributed by atoms with Gasteiger partial charge in [-0.3, -0.25) is 9.80 Å². The molecule has 7 nitrogen and oxygen atoms in total. The number of aromatic nitrogens is 2. The van der Waals surface area contributed by atoms with Gasteiger partial charge in [0.1, 0.15) is 11.9 Å². The minimum atomic E-state index is -4.38. The molecule has 0 aliphatic carbocycles. The Morgan fingerprint density at radius 3 is 2.49 bits per heavy atom. The smallest absolute Gasteiger partial charge is 0.416 e. The van der Waals surface area contributed by atoms with Gasteiger partial charge in [0.15, 0.2) is 12.0 Å². The number of rotatable bonds is 7. The summed E-state index contributed by atoms with van der Waals surface area (Å²) < 4.78 is 51.1. The molecule has 37 heavy (non-hydrogen) atoms. The average Bonchev–Trinajstić information content (AvgIpc) is 3.48. The second-order valence-electron chi connectivity index (χ2n) is 9.18. The van der Waals surface area contributed by atoms with Gasteiger partial charge in [-0.25, -0.2) is 4.98 Å². The highest BCUT2D eigenvalue weighted by Gasteiger charge is 2.31. The number of hydrogen-bond donors (Lipinski definition) is 1. The molecule has 0 spiro atoms. The number of ether oxygens (including phenoxy) is 1. The first-order valence-electron chi connectivity index (χ1n) is 12.0. The standard InChI is InChI=1S/C26H27F3N4O3S/c1-16(34)25(35-21-7-8-24-22(14-21)30-17(2)37-24)33-11-9-32(10-12-33)15-20-13-23(36-31-20)18-3-5-19(6-4-18)26(27,28)29/h3-8,13-14,16,25,34H,9-12,15H2,1-2H3. The fourth-order valence-electron chi connectivity index (χ4n) is 4.46. The van der Waals surface area contributed by atoms with E-state index in [0.717, 1.165) is 40.4 Å². The molecular formula is C26H27F3N4O3S. The van der Waals surface area contributed by atoms with Gasteiger partial charge in [0, 0.05) is 50.4 Å². The van der Waals surface area contributed by atoms with Gasteiger partial charge in [-0.1, -0.05) is 17.3 Å². The third-order valence-corrected chi connectivity index (χ3v) is 7.30. The fraction of sp³-hybridized carbons (Fsp3) is 0.385. The molecule has 3 heterocycles. The van der Waals surface area contributed by atoms with E-state index < -0.39 is 24.1 Å². The summed E-state index contributed by atoms with van der Waals surface area (Å²) in [6.45, 7) is 7.10. The molecule has 0 bridgehead atoms. The summed E-state index contributed by atoms with van der Waals surface area (Å²) in [4.78, 5) is 8.86. The summed E-state index contributed by atoms with van der Waals surface area (Å²) in [5.74, 6) is 1.10. The number of halogens is 3. The topological polar surface area (TPSA) is 74.9 Å². The number of aliphatic hydroxyl groups excluding tert-OH is 1. The van der Waals surface area contributed by atoms with Crippen molar-refractivity contribution in [1.29, 1.82) is 0 Å². The first-order valence-corrected chi connectivity index (χ1v) is 12.8. The molecular weight excluding hydrogens is 505 g/mol. The van der Waals surface area contributed by atoms with Crippen molar-refractivity contribution in [3.05, 3.63) is 64.8 Å². The number of nitrogens with zero attached hydrogens (tertiary/aromatic N) is 4. The molecule has 2 unspecified atom stereocenters. The number of aryl methyl sites for hydroxylation is 1. The Labute approximate surface area is 216 Å². The maximum Gasteiger partial charge on any atom is 0.416 e. The van der Waals surface area contributed by atoms with E-state index in [1.54, 1.807) is 24.3 Å². The van der Waals surface area contributed by atoms with Crippen molar-refractivity contribution in [1.82, 2.24) is 19.9 Å². The molecule has 5 rings (SSSR count). The summed E-state index contributed by atoms with van der Waals surface area (Å²) in [6.07, 6.45) is -5.56. The van der Waals surface area contributed by atoms with E-state index in [-0.39, 0.29) is 0 Å². The largest absolute Gasteiger partial charge is 0.472 e. The second kappa shape index (κ2) is 10.4. The average molecular weight is 533 g/mol. The Morgan fingerprint density at radius 2 is 1.81 bits per heavy atom. The van der Waals surface area contributed by atoms with Crippen LogP contribution in [0.3, 0.4) is 0 Å². The van der Waals surface area contributed by atoms with Gasteiger partial charge in [-0.05, 0) is 38.1 Å². The van der Waals surface area contributed by atoms with E-state index in [4.69, 9.17) is 9.26 Å². The molecule has 1 saturated heterocycles. The lowest BCUT2D eigenvalue weighted by atomic mass is 10.1. The summed E-state index contributed by atoms with van der Waals surface area (Å²) in [5, 5.41) is 15.5. The quantitative estimate of drug-likeness (QED) is 0.352. The molecule has 0 saturated carbocycles. The SMILES string of the molecule is Cc1nc2cc(OC(C(C)O)N3CCN(Cc4cc(-c5ccc(C(F)(F)F)cc5)on4)CC3)ccc2s1. The molecule has 1 aliphatic rings. The van der Waals surface area contributed by atoms with Gasteiger partial charge >= 0.3 is 6.18 Å². The number of thiazole rings is 1. The molecule has 0 radical (unpaired) electrons. The normalized spacial score (nSPS) is 17.2. The number of aliphatic hydroxyl groups is 1. The molecule has 196 valence electrons. The van der Waals surface area contributed by atoms with E-state index in [9.17, 15) is 18.3 Å². The number of fused-ring (bicyclic) bond motifs is 1. The highest BCUT2D eigenvalue weighted by Crippen LogP contribution is 2.31. The van der Waals surface area contributed by atoms with Crippen LogP contribution in [-0.2, 0) is 12.7 Å². The van der Waals surface area contributed by atoms with Crippen molar-refractivity contribution in [2.45, 2.75) is 38.9 Å². The van der Waals surface area contributed by atoms with Gasteiger partial charge in [-0.15, -0.1) is 11.3 Å². The molecule has 1 aliphatic heterocycles. The minimum Gasteiger partial charge on any atom is -0.472 e. The third-order valence-electron chi connectivity index (χ3n) is 6.34. The van der Waals surface area contributed by atoms with Crippen LogP contribution in [0, 0.1) is 6.92 Å². The molecule has 1 N–H and O–H groups in total. The summed E-state index contributed by atoms with van der Waals surface area (Å²) >= 11 is 1.63. The highest BCUT2D eigenvalue weighted by molar-refractivity contribution is 7.18. The molecule has 1 fully saturated rings. The van der Waals surface area contributed by atoms with Gasteiger partial charge < -0.3 is 14.4 Å².